The van der Waals surface area contributed by atoms with Crippen LogP contribution < -0.4 is 10.6 Å². The number of piperidine rings is 1. The average molecular weight is 384 g/mol. The summed E-state index contributed by atoms with van der Waals surface area (Å²) in [5.74, 6) is 1.66. The molecular formula is C17H26BrN3S. The number of anilines is 1. The lowest BCUT2D eigenvalue weighted by Crippen LogP contribution is -2.40. The van der Waals surface area contributed by atoms with Crippen molar-refractivity contribution in [2.24, 2.45) is 11.8 Å². The number of likely N-dealkylation sites (tertiary alicyclic amines) is 1. The molecule has 22 heavy (non-hydrogen) atoms. The molecule has 0 saturated carbocycles. The Kier molecular flexibility index (Phi) is 7.12. The quantitative estimate of drug-likeness (QED) is 0.590. The lowest BCUT2D eigenvalue weighted by molar-refractivity contribution is 0.140. The highest BCUT2D eigenvalue weighted by Gasteiger charge is 2.20. The van der Waals surface area contributed by atoms with Crippen molar-refractivity contribution in [1.82, 2.24) is 10.2 Å². The molecule has 1 saturated heterocycles. The van der Waals surface area contributed by atoms with Gasteiger partial charge in [0, 0.05) is 29.8 Å². The number of nitrogens with zero attached hydrogens (tertiary/aromatic N) is 1. The molecule has 2 N–H and O–H groups in total. The Hall–Kier alpha value is -0.650. The lowest BCUT2D eigenvalue weighted by Gasteiger charge is -2.34. The third-order valence-electron chi connectivity index (χ3n) is 3.98. The van der Waals surface area contributed by atoms with Crippen molar-refractivity contribution in [2.75, 3.05) is 31.5 Å². The van der Waals surface area contributed by atoms with Gasteiger partial charge in [0.1, 0.15) is 0 Å². The first-order valence-electron chi connectivity index (χ1n) is 8.05. The SMILES string of the molecule is C[C@H]1C[C@H](C)CN(CCCNC(=S)Nc2ccc(Br)cc2)C1. The summed E-state index contributed by atoms with van der Waals surface area (Å²) >= 11 is 8.76. The monoisotopic (exact) mass is 383 g/mol. The van der Waals surface area contributed by atoms with Crippen LogP contribution in [0.25, 0.3) is 0 Å². The molecular weight excluding hydrogens is 358 g/mol. The highest BCUT2D eigenvalue weighted by Crippen LogP contribution is 2.20. The Labute approximate surface area is 148 Å². The minimum Gasteiger partial charge on any atom is -0.362 e. The molecule has 2 atom stereocenters. The topological polar surface area (TPSA) is 27.3 Å². The van der Waals surface area contributed by atoms with E-state index in [0.717, 1.165) is 41.5 Å². The minimum absolute atomic E-state index is 0.697. The maximum Gasteiger partial charge on any atom is 0.170 e. The predicted molar refractivity (Wildman–Crippen MR) is 102 cm³/mol. The van der Waals surface area contributed by atoms with Crippen LogP contribution in [0.5, 0.6) is 0 Å². The van der Waals surface area contributed by atoms with Crippen LogP contribution in [0.3, 0.4) is 0 Å². The summed E-state index contributed by atoms with van der Waals surface area (Å²) < 4.78 is 1.07. The van der Waals surface area contributed by atoms with Gasteiger partial charge in [-0.25, -0.2) is 0 Å². The van der Waals surface area contributed by atoms with E-state index in [0.29, 0.717) is 5.11 Å². The van der Waals surface area contributed by atoms with Crippen LogP contribution in [0.1, 0.15) is 26.7 Å². The van der Waals surface area contributed by atoms with E-state index >= 15 is 0 Å². The van der Waals surface area contributed by atoms with Gasteiger partial charge in [-0.05, 0) is 67.7 Å². The second kappa shape index (κ2) is 8.85. The number of halogens is 1. The molecule has 0 spiro atoms. The van der Waals surface area contributed by atoms with Gasteiger partial charge in [0.15, 0.2) is 5.11 Å². The van der Waals surface area contributed by atoms with Crippen LogP contribution in [0.4, 0.5) is 5.69 Å². The minimum atomic E-state index is 0.697. The molecule has 0 aromatic heterocycles. The van der Waals surface area contributed by atoms with Gasteiger partial charge in [0.2, 0.25) is 0 Å². The molecule has 1 aliphatic rings. The van der Waals surface area contributed by atoms with Crippen molar-refractivity contribution in [1.29, 1.82) is 0 Å². The summed E-state index contributed by atoms with van der Waals surface area (Å²) in [7, 11) is 0. The molecule has 0 bridgehead atoms. The maximum absolute atomic E-state index is 5.33. The van der Waals surface area contributed by atoms with Crippen LogP contribution in [0, 0.1) is 11.8 Å². The second-order valence-electron chi connectivity index (χ2n) is 6.45. The van der Waals surface area contributed by atoms with E-state index in [9.17, 15) is 0 Å². The van der Waals surface area contributed by atoms with Gasteiger partial charge in [0.05, 0.1) is 0 Å². The fourth-order valence-electron chi connectivity index (χ4n) is 3.19. The second-order valence-corrected chi connectivity index (χ2v) is 7.77. The molecule has 1 aliphatic heterocycles. The highest BCUT2D eigenvalue weighted by atomic mass is 79.9. The summed E-state index contributed by atoms with van der Waals surface area (Å²) in [6.07, 6.45) is 2.50. The molecule has 5 heteroatoms. The zero-order valence-corrected chi connectivity index (χ0v) is 15.8. The number of thiocarbonyl (C=S) groups is 1. The number of nitrogens with one attached hydrogen (secondary N) is 2. The summed E-state index contributed by atoms with van der Waals surface area (Å²) in [5, 5.41) is 7.19. The predicted octanol–water partition coefficient (Wildman–Crippen LogP) is 4.10. The fourth-order valence-corrected chi connectivity index (χ4v) is 3.67. The number of benzene rings is 1. The molecule has 1 aromatic carbocycles. The Bertz CT molecular complexity index is 467. The van der Waals surface area contributed by atoms with E-state index < -0.39 is 0 Å². The van der Waals surface area contributed by atoms with E-state index in [1.54, 1.807) is 0 Å². The van der Waals surface area contributed by atoms with E-state index in [1.165, 1.54) is 19.5 Å². The first-order chi connectivity index (χ1) is 10.5. The molecule has 0 radical (unpaired) electrons. The molecule has 1 fully saturated rings. The Balaban J connectivity index is 1.62. The van der Waals surface area contributed by atoms with E-state index in [4.69, 9.17) is 12.2 Å². The highest BCUT2D eigenvalue weighted by molar-refractivity contribution is 9.10. The Morgan fingerprint density at radius 3 is 2.50 bits per heavy atom. The van der Waals surface area contributed by atoms with Gasteiger partial charge in [-0.1, -0.05) is 29.8 Å². The van der Waals surface area contributed by atoms with Crippen LogP contribution in [-0.4, -0.2) is 36.2 Å². The molecule has 3 nitrogen and oxygen atoms in total. The summed E-state index contributed by atoms with van der Waals surface area (Å²) in [6.45, 7) is 9.28. The zero-order valence-electron chi connectivity index (χ0n) is 13.4. The first-order valence-corrected chi connectivity index (χ1v) is 9.26. The van der Waals surface area contributed by atoms with Crippen molar-refractivity contribution in [3.63, 3.8) is 0 Å². The molecule has 1 heterocycles. The smallest absolute Gasteiger partial charge is 0.170 e. The molecule has 0 unspecified atom stereocenters. The number of hydrogen-bond donors (Lipinski definition) is 2. The van der Waals surface area contributed by atoms with Crippen molar-refractivity contribution in [3.8, 4) is 0 Å². The zero-order chi connectivity index (χ0) is 15.9. The van der Waals surface area contributed by atoms with Crippen LogP contribution >= 0.6 is 28.1 Å². The molecule has 122 valence electrons. The van der Waals surface area contributed by atoms with Crippen LogP contribution in [0.2, 0.25) is 0 Å². The molecule has 2 rings (SSSR count). The lowest BCUT2D eigenvalue weighted by atomic mass is 9.92. The van der Waals surface area contributed by atoms with Crippen LogP contribution in [0.15, 0.2) is 28.7 Å². The summed E-state index contributed by atoms with van der Waals surface area (Å²) in [5.41, 5.74) is 1.01. The molecule has 0 aliphatic carbocycles. The van der Waals surface area contributed by atoms with E-state index in [2.05, 4.69) is 45.3 Å². The van der Waals surface area contributed by atoms with Crippen molar-refractivity contribution >= 4 is 38.9 Å². The summed E-state index contributed by atoms with van der Waals surface area (Å²) in [6, 6.07) is 8.02. The number of hydrogen-bond acceptors (Lipinski definition) is 2. The third-order valence-corrected chi connectivity index (χ3v) is 4.76. The van der Waals surface area contributed by atoms with E-state index in [1.807, 2.05) is 24.3 Å². The van der Waals surface area contributed by atoms with Crippen molar-refractivity contribution in [2.45, 2.75) is 26.7 Å². The van der Waals surface area contributed by atoms with Crippen LogP contribution in [-0.2, 0) is 0 Å². The third kappa shape index (κ3) is 6.23. The van der Waals surface area contributed by atoms with Gasteiger partial charge in [-0.15, -0.1) is 0 Å². The molecule has 0 amide bonds. The standard InChI is InChI=1S/C17H26BrN3S/c1-13-10-14(2)12-21(11-13)9-3-8-19-17(22)20-16-6-4-15(18)5-7-16/h4-7,13-14H,3,8-12H2,1-2H3,(H2,19,20,22)/t13-,14-/m0/s1. The normalized spacial score (nSPS) is 22.3. The van der Waals surface area contributed by atoms with Gasteiger partial charge in [-0.3, -0.25) is 0 Å². The first kappa shape index (κ1) is 17.7. The maximum atomic E-state index is 5.33. The fraction of sp³-hybridized carbons (Fsp3) is 0.588. The van der Waals surface area contributed by atoms with Gasteiger partial charge < -0.3 is 15.5 Å². The average Bonchev–Trinajstić information content (AvgIpc) is 2.45. The van der Waals surface area contributed by atoms with Gasteiger partial charge in [0.25, 0.3) is 0 Å². The summed E-state index contributed by atoms with van der Waals surface area (Å²) in [4.78, 5) is 2.59. The van der Waals surface area contributed by atoms with Crippen molar-refractivity contribution in [3.05, 3.63) is 28.7 Å². The Morgan fingerprint density at radius 2 is 1.86 bits per heavy atom. The largest absolute Gasteiger partial charge is 0.362 e. The Morgan fingerprint density at radius 1 is 1.23 bits per heavy atom. The van der Waals surface area contributed by atoms with Crippen molar-refractivity contribution < 1.29 is 0 Å². The molecule has 1 aromatic rings. The van der Waals surface area contributed by atoms with Gasteiger partial charge in [-0.2, -0.15) is 0 Å². The number of rotatable bonds is 5. The van der Waals surface area contributed by atoms with E-state index in [-0.39, 0.29) is 0 Å². The van der Waals surface area contributed by atoms with Gasteiger partial charge >= 0.3 is 0 Å².